The highest BCUT2D eigenvalue weighted by molar-refractivity contribution is 6.05. The second-order valence-corrected chi connectivity index (χ2v) is 13.9. The molecule has 3 saturated heterocycles. The summed E-state index contributed by atoms with van der Waals surface area (Å²) in [6.45, 7) is 15.2. The summed E-state index contributed by atoms with van der Waals surface area (Å²) >= 11 is 0. The van der Waals surface area contributed by atoms with Crippen LogP contribution in [0.2, 0.25) is 0 Å². The smallest absolute Gasteiger partial charge is 0.306 e. The van der Waals surface area contributed by atoms with Gasteiger partial charge in [0.1, 0.15) is 18.2 Å². The number of aryl methyl sites for hydroxylation is 2. The number of aliphatic hydroxyl groups excluding tert-OH is 1. The fraction of sp³-hybridized carbons (Fsp3) is 0.500. The molecule has 3 heterocycles. The van der Waals surface area contributed by atoms with E-state index in [0.29, 0.717) is 31.4 Å². The first-order valence-electron chi connectivity index (χ1n) is 17.7. The number of carbonyl (C=O) groups excluding carboxylic acids is 4. The Morgan fingerprint density at radius 2 is 1.90 bits per heavy atom. The molecule has 0 radical (unpaired) electrons. The van der Waals surface area contributed by atoms with Crippen molar-refractivity contribution >= 4 is 29.4 Å². The zero-order chi connectivity index (χ0) is 36.2. The van der Waals surface area contributed by atoms with Gasteiger partial charge in [0.05, 0.1) is 36.6 Å². The van der Waals surface area contributed by atoms with Gasteiger partial charge in [-0.1, -0.05) is 74.9 Å². The summed E-state index contributed by atoms with van der Waals surface area (Å²) in [6.07, 6.45) is 4.94. The van der Waals surface area contributed by atoms with Crippen LogP contribution in [0.15, 0.2) is 73.8 Å². The Balaban J connectivity index is 1.53. The fourth-order valence-corrected chi connectivity index (χ4v) is 8.08. The number of amides is 3. The van der Waals surface area contributed by atoms with Crippen LogP contribution in [0, 0.1) is 31.6 Å². The molecule has 0 aromatic heterocycles. The third kappa shape index (κ3) is 6.88. The number of nitrogens with zero attached hydrogens (tertiary/aromatic N) is 2. The number of aliphatic hydroxyl groups is 1. The van der Waals surface area contributed by atoms with Crippen molar-refractivity contribution in [3.8, 4) is 0 Å². The predicted molar refractivity (Wildman–Crippen MR) is 191 cm³/mol. The van der Waals surface area contributed by atoms with Crippen molar-refractivity contribution in [2.75, 3.05) is 24.7 Å². The number of hydrogen-bond acceptors (Lipinski definition) is 7. The van der Waals surface area contributed by atoms with Crippen LogP contribution >= 0.6 is 0 Å². The van der Waals surface area contributed by atoms with E-state index in [1.54, 1.807) is 22.0 Å². The summed E-state index contributed by atoms with van der Waals surface area (Å²) in [4.78, 5) is 59.9. The molecule has 3 fully saturated rings. The molecule has 0 saturated carbocycles. The standard InChI is InChI=1S/C40H51N3O7/c1-7-10-16-33(45)49-24-29(28-14-12-11-13-15-28)41-37(46)34-32-19-20-40(50-32)35(34)38(47)43(31(23-44)26(5)9-3)36(40)39(48)42(21-8-2)30-22-25(4)17-18-27(30)6/h7-8,11-15,17-18,22,26,29,31-32,34-36,44H,1-2,9-10,16,19-21,23-24H2,3-6H3,(H,41,46)/t26-,29+,31-,32+,34-,35-,36+,40-/m0/s1. The number of likely N-dealkylation sites (tertiary alicyclic amines) is 1. The van der Waals surface area contributed by atoms with E-state index in [1.807, 2.05) is 76.2 Å². The normalized spacial score (nSPS) is 25.4. The van der Waals surface area contributed by atoms with E-state index in [9.17, 15) is 19.5 Å². The average Bonchev–Trinajstić information content (AvgIpc) is 3.77. The molecule has 3 aliphatic heterocycles. The molecule has 8 atom stereocenters. The minimum atomic E-state index is -1.27. The molecule has 3 aliphatic rings. The van der Waals surface area contributed by atoms with Crippen LogP contribution in [-0.4, -0.2) is 77.2 Å². The molecule has 0 aliphatic carbocycles. The number of rotatable bonds is 16. The number of ether oxygens (including phenoxy) is 2. The summed E-state index contributed by atoms with van der Waals surface area (Å²) in [5.41, 5.74) is 2.06. The molecule has 2 aromatic rings. The summed E-state index contributed by atoms with van der Waals surface area (Å²) < 4.78 is 12.3. The van der Waals surface area contributed by atoms with E-state index in [1.165, 1.54) is 0 Å². The van der Waals surface area contributed by atoms with Crippen molar-refractivity contribution in [1.82, 2.24) is 10.2 Å². The van der Waals surface area contributed by atoms with Gasteiger partial charge in [-0.2, -0.15) is 0 Å². The van der Waals surface area contributed by atoms with Crippen molar-refractivity contribution in [2.45, 2.75) is 89.6 Å². The number of hydrogen-bond donors (Lipinski definition) is 2. The van der Waals surface area contributed by atoms with Crippen LogP contribution in [0.5, 0.6) is 0 Å². The van der Waals surface area contributed by atoms with E-state index in [2.05, 4.69) is 18.5 Å². The molecule has 10 nitrogen and oxygen atoms in total. The van der Waals surface area contributed by atoms with Gasteiger partial charge in [0.25, 0.3) is 5.91 Å². The van der Waals surface area contributed by atoms with Crippen molar-refractivity contribution in [3.05, 3.63) is 90.5 Å². The summed E-state index contributed by atoms with van der Waals surface area (Å²) in [7, 11) is 0. The van der Waals surface area contributed by atoms with Gasteiger partial charge in [0.2, 0.25) is 11.8 Å². The Hall–Kier alpha value is -4.28. The van der Waals surface area contributed by atoms with Gasteiger partial charge in [-0.15, -0.1) is 13.2 Å². The van der Waals surface area contributed by atoms with Crippen LogP contribution in [0.3, 0.4) is 0 Å². The number of nitrogens with one attached hydrogen (secondary N) is 1. The molecular weight excluding hydrogens is 634 g/mol. The maximum absolute atomic E-state index is 15.0. The molecular formula is C40H51N3O7. The van der Waals surface area contributed by atoms with Crippen LogP contribution < -0.4 is 10.2 Å². The van der Waals surface area contributed by atoms with Crippen molar-refractivity contribution in [2.24, 2.45) is 17.8 Å². The Bertz CT molecular complexity index is 1590. The Morgan fingerprint density at radius 3 is 2.56 bits per heavy atom. The molecule has 5 rings (SSSR count). The summed E-state index contributed by atoms with van der Waals surface area (Å²) in [5.74, 6) is -3.46. The zero-order valence-corrected chi connectivity index (χ0v) is 29.7. The van der Waals surface area contributed by atoms with E-state index >= 15 is 4.79 Å². The summed E-state index contributed by atoms with van der Waals surface area (Å²) in [5, 5.41) is 13.8. The molecule has 2 N–H and O–H groups in total. The third-order valence-corrected chi connectivity index (χ3v) is 10.8. The molecule has 1 spiro atoms. The van der Waals surface area contributed by atoms with Crippen LogP contribution in [0.1, 0.15) is 68.7 Å². The Morgan fingerprint density at radius 1 is 1.16 bits per heavy atom. The Kier molecular flexibility index (Phi) is 11.6. The summed E-state index contributed by atoms with van der Waals surface area (Å²) in [6, 6.07) is 12.7. The van der Waals surface area contributed by atoms with E-state index in [0.717, 1.165) is 16.7 Å². The number of benzene rings is 2. The zero-order valence-electron chi connectivity index (χ0n) is 29.7. The fourth-order valence-electron chi connectivity index (χ4n) is 8.08. The highest BCUT2D eigenvalue weighted by Crippen LogP contribution is 2.59. The van der Waals surface area contributed by atoms with Gasteiger partial charge < -0.3 is 29.7 Å². The average molecular weight is 686 g/mol. The topological polar surface area (TPSA) is 125 Å². The quantitative estimate of drug-likeness (QED) is 0.189. The lowest BCUT2D eigenvalue weighted by molar-refractivity contribution is -0.147. The van der Waals surface area contributed by atoms with Crippen LogP contribution in [-0.2, 0) is 28.7 Å². The molecule has 268 valence electrons. The van der Waals surface area contributed by atoms with Gasteiger partial charge in [-0.25, -0.2) is 0 Å². The van der Waals surface area contributed by atoms with Gasteiger partial charge >= 0.3 is 5.97 Å². The number of carbonyl (C=O) groups is 4. The van der Waals surface area contributed by atoms with E-state index in [-0.39, 0.29) is 43.9 Å². The van der Waals surface area contributed by atoms with Crippen LogP contribution in [0.4, 0.5) is 5.69 Å². The maximum Gasteiger partial charge on any atom is 0.306 e. The SMILES string of the molecule is C=CCCC(=O)OC[C@@H](NC(=O)[C@@H]1[C@H]2C(=O)N([C@@H](CO)[C@@H](C)CC)[C@H](C(=O)N(CC=C)c3cc(C)ccc3C)[C@]23CC[C@H]1O3)c1ccccc1. The Labute approximate surface area is 295 Å². The predicted octanol–water partition coefficient (Wildman–Crippen LogP) is 4.97. The van der Waals surface area contributed by atoms with Gasteiger partial charge in [-0.05, 0) is 61.8 Å². The number of fused-ring (bicyclic) bond motifs is 1. The lowest BCUT2D eigenvalue weighted by Gasteiger charge is -2.41. The highest BCUT2D eigenvalue weighted by Gasteiger charge is 2.75. The first kappa shape index (κ1) is 37.0. The molecule has 10 heteroatoms. The lowest BCUT2D eigenvalue weighted by atomic mass is 9.70. The van der Waals surface area contributed by atoms with Crippen LogP contribution in [0.25, 0.3) is 0 Å². The van der Waals surface area contributed by atoms with E-state index < -0.39 is 53.5 Å². The highest BCUT2D eigenvalue weighted by atomic mass is 16.5. The third-order valence-electron chi connectivity index (χ3n) is 10.8. The molecule has 50 heavy (non-hydrogen) atoms. The molecule has 2 aromatic carbocycles. The van der Waals surface area contributed by atoms with Gasteiger partial charge in [0.15, 0.2) is 0 Å². The first-order chi connectivity index (χ1) is 24.0. The van der Waals surface area contributed by atoms with Crippen molar-refractivity contribution in [3.63, 3.8) is 0 Å². The lowest BCUT2D eigenvalue weighted by Crippen LogP contribution is -2.60. The van der Waals surface area contributed by atoms with Crippen molar-refractivity contribution in [1.29, 1.82) is 0 Å². The number of anilines is 1. The largest absolute Gasteiger partial charge is 0.463 e. The van der Waals surface area contributed by atoms with Crippen molar-refractivity contribution < 1.29 is 33.8 Å². The minimum Gasteiger partial charge on any atom is -0.463 e. The second-order valence-electron chi connectivity index (χ2n) is 13.9. The van der Waals surface area contributed by atoms with Gasteiger partial charge in [0, 0.05) is 18.7 Å². The second kappa shape index (κ2) is 15.7. The van der Waals surface area contributed by atoms with E-state index in [4.69, 9.17) is 9.47 Å². The first-order valence-corrected chi connectivity index (χ1v) is 17.7. The molecule has 2 bridgehead atoms. The maximum atomic E-state index is 15.0. The monoisotopic (exact) mass is 685 g/mol. The molecule has 3 amide bonds. The van der Waals surface area contributed by atoms with Gasteiger partial charge in [-0.3, -0.25) is 19.2 Å². The number of esters is 1. The molecule has 0 unspecified atom stereocenters. The minimum absolute atomic E-state index is 0.0894. The number of allylic oxidation sites excluding steroid dienone is 1.